The number of ether oxygens (including phenoxy) is 2. The number of hydrogen-bond donors (Lipinski definition) is 1. The molecule has 2 saturated heterocycles. The molecule has 1 aromatic carbocycles. The molecule has 0 saturated carbocycles. The number of nitrogens with one attached hydrogen (secondary N) is 1. The van der Waals surface area contributed by atoms with Crippen LogP contribution in [0.25, 0.3) is 0 Å². The maximum Gasteiger partial charge on any atom is 0.208 e. The summed E-state index contributed by atoms with van der Waals surface area (Å²) in [5.41, 5.74) is 1.17. The SMILES string of the molecule is O=CNC1CC(CCOCc2ccccc2)ON1CC1CCOC1. The molecule has 0 aliphatic carbocycles. The van der Waals surface area contributed by atoms with E-state index in [2.05, 4.69) is 17.4 Å². The predicted molar refractivity (Wildman–Crippen MR) is 88.8 cm³/mol. The summed E-state index contributed by atoms with van der Waals surface area (Å²) in [6.45, 7) is 3.66. The van der Waals surface area contributed by atoms with Gasteiger partial charge >= 0.3 is 0 Å². The molecule has 3 rings (SSSR count). The molecule has 24 heavy (non-hydrogen) atoms. The second kappa shape index (κ2) is 9.13. The summed E-state index contributed by atoms with van der Waals surface area (Å²) in [5, 5.41) is 4.77. The smallest absolute Gasteiger partial charge is 0.208 e. The van der Waals surface area contributed by atoms with E-state index in [4.69, 9.17) is 14.3 Å². The van der Waals surface area contributed by atoms with E-state index in [0.717, 1.165) is 45.4 Å². The van der Waals surface area contributed by atoms with Crippen LogP contribution in [-0.4, -0.2) is 50.1 Å². The molecule has 1 aromatic rings. The summed E-state index contributed by atoms with van der Waals surface area (Å²) in [4.78, 5) is 16.8. The molecule has 0 spiro atoms. The van der Waals surface area contributed by atoms with Gasteiger partial charge in [-0.1, -0.05) is 30.3 Å². The highest BCUT2D eigenvalue weighted by molar-refractivity contribution is 5.46. The van der Waals surface area contributed by atoms with E-state index in [1.54, 1.807) is 0 Å². The van der Waals surface area contributed by atoms with Crippen LogP contribution in [0.1, 0.15) is 24.8 Å². The van der Waals surface area contributed by atoms with Crippen LogP contribution in [0.2, 0.25) is 0 Å². The van der Waals surface area contributed by atoms with Gasteiger partial charge in [-0.25, -0.2) is 0 Å². The molecular formula is C18H26N2O4. The standard InChI is InChI=1S/C18H26N2O4/c21-14-19-18-10-17(24-20(18)11-16-6-8-22-13-16)7-9-23-12-15-4-2-1-3-5-15/h1-5,14,16-18H,6-13H2,(H,19,21). The van der Waals surface area contributed by atoms with Gasteiger partial charge in [0.2, 0.25) is 6.41 Å². The Morgan fingerprint density at radius 3 is 2.96 bits per heavy atom. The van der Waals surface area contributed by atoms with Crippen molar-refractivity contribution in [2.24, 2.45) is 5.92 Å². The quantitative estimate of drug-likeness (QED) is 0.550. The van der Waals surface area contributed by atoms with Crippen molar-refractivity contribution in [1.82, 2.24) is 10.4 Å². The Morgan fingerprint density at radius 1 is 1.33 bits per heavy atom. The Kier molecular flexibility index (Phi) is 6.60. The zero-order valence-electron chi connectivity index (χ0n) is 13.9. The average Bonchev–Trinajstić information content (AvgIpc) is 3.24. The van der Waals surface area contributed by atoms with E-state index in [1.165, 1.54) is 5.56 Å². The first-order valence-electron chi connectivity index (χ1n) is 8.67. The summed E-state index contributed by atoms with van der Waals surface area (Å²) < 4.78 is 11.2. The first-order valence-corrected chi connectivity index (χ1v) is 8.67. The molecule has 3 unspecified atom stereocenters. The fraction of sp³-hybridized carbons (Fsp3) is 0.611. The largest absolute Gasteiger partial charge is 0.381 e. The number of hydrogen-bond acceptors (Lipinski definition) is 5. The summed E-state index contributed by atoms with van der Waals surface area (Å²) >= 11 is 0. The van der Waals surface area contributed by atoms with Crippen LogP contribution in [0.4, 0.5) is 0 Å². The maximum atomic E-state index is 10.8. The van der Waals surface area contributed by atoms with Crippen LogP contribution in [-0.2, 0) is 25.7 Å². The lowest BCUT2D eigenvalue weighted by atomic mass is 10.1. The minimum atomic E-state index is -0.0535. The monoisotopic (exact) mass is 334 g/mol. The fourth-order valence-corrected chi connectivity index (χ4v) is 3.21. The van der Waals surface area contributed by atoms with Crippen molar-refractivity contribution in [3.8, 4) is 0 Å². The first kappa shape index (κ1) is 17.4. The Labute approximate surface area is 143 Å². The number of nitrogens with zero attached hydrogens (tertiary/aromatic N) is 1. The molecule has 0 bridgehead atoms. The third-order valence-corrected chi connectivity index (χ3v) is 4.54. The van der Waals surface area contributed by atoms with Crippen LogP contribution >= 0.6 is 0 Å². The lowest BCUT2D eigenvalue weighted by Crippen LogP contribution is -2.42. The molecule has 6 heteroatoms. The van der Waals surface area contributed by atoms with Crippen molar-refractivity contribution in [3.63, 3.8) is 0 Å². The first-order chi connectivity index (χ1) is 11.8. The molecule has 2 aliphatic heterocycles. The molecule has 2 fully saturated rings. The average molecular weight is 334 g/mol. The van der Waals surface area contributed by atoms with E-state index in [0.29, 0.717) is 19.1 Å². The lowest BCUT2D eigenvalue weighted by molar-refractivity contribution is -0.177. The second-order valence-electron chi connectivity index (χ2n) is 6.42. The molecule has 3 atom stereocenters. The zero-order chi connectivity index (χ0) is 16.6. The minimum absolute atomic E-state index is 0.0535. The molecule has 6 nitrogen and oxygen atoms in total. The highest BCUT2D eigenvalue weighted by Gasteiger charge is 2.35. The maximum absolute atomic E-state index is 10.8. The number of benzene rings is 1. The van der Waals surface area contributed by atoms with E-state index in [9.17, 15) is 4.79 Å². The molecule has 1 amide bonds. The van der Waals surface area contributed by atoms with Gasteiger partial charge in [0.25, 0.3) is 0 Å². The Balaban J connectivity index is 1.40. The highest BCUT2D eigenvalue weighted by Crippen LogP contribution is 2.25. The predicted octanol–water partition coefficient (Wildman–Crippen LogP) is 1.71. The minimum Gasteiger partial charge on any atom is -0.381 e. The Hall–Kier alpha value is -1.47. The molecule has 2 heterocycles. The molecule has 2 aliphatic rings. The zero-order valence-corrected chi connectivity index (χ0v) is 13.9. The summed E-state index contributed by atoms with van der Waals surface area (Å²) in [5.74, 6) is 0.481. The van der Waals surface area contributed by atoms with E-state index in [1.807, 2.05) is 23.3 Å². The fourth-order valence-electron chi connectivity index (χ4n) is 3.21. The Morgan fingerprint density at radius 2 is 2.21 bits per heavy atom. The number of amides is 1. The van der Waals surface area contributed by atoms with Gasteiger partial charge in [-0.3, -0.25) is 9.63 Å². The molecule has 1 N–H and O–H groups in total. The summed E-state index contributed by atoms with van der Waals surface area (Å²) in [6, 6.07) is 10.1. The molecule has 132 valence electrons. The van der Waals surface area contributed by atoms with Gasteiger partial charge in [0.05, 0.1) is 19.3 Å². The molecule has 0 radical (unpaired) electrons. The van der Waals surface area contributed by atoms with Gasteiger partial charge in [-0.15, -0.1) is 0 Å². The van der Waals surface area contributed by atoms with Gasteiger partial charge in [-0.05, 0) is 24.3 Å². The van der Waals surface area contributed by atoms with Crippen LogP contribution in [0.5, 0.6) is 0 Å². The van der Waals surface area contributed by atoms with Gasteiger partial charge < -0.3 is 14.8 Å². The second-order valence-corrected chi connectivity index (χ2v) is 6.42. The molecular weight excluding hydrogens is 308 g/mol. The third kappa shape index (κ3) is 5.01. The number of carbonyl (C=O) groups is 1. The number of carbonyl (C=O) groups excluding carboxylic acids is 1. The normalized spacial score (nSPS) is 27.4. The summed E-state index contributed by atoms with van der Waals surface area (Å²) in [6.07, 6.45) is 3.45. The topological polar surface area (TPSA) is 60.0 Å². The van der Waals surface area contributed by atoms with Gasteiger partial charge in [0, 0.05) is 26.2 Å². The third-order valence-electron chi connectivity index (χ3n) is 4.54. The lowest BCUT2D eigenvalue weighted by Gasteiger charge is -2.24. The summed E-state index contributed by atoms with van der Waals surface area (Å²) in [7, 11) is 0. The van der Waals surface area contributed by atoms with Gasteiger partial charge in [0.15, 0.2) is 0 Å². The van der Waals surface area contributed by atoms with E-state index < -0.39 is 0 Å². The van der Waals surface area contributed by atoms with Crippen molar-refractivity contribution in [2.75, 3.05) is 26.4 Å². The van der Waals surface area contributed by atoms with Gasteiger partial charge in [0.1, 0.15) is 6.17 Å². The van der Waals surface area contributed by atoms with Crippen molar-refractivity contribution >= 4 is 6.41 Å². The van der Waals surface area contributed by atoms with Crippen LogP contribution in [0.15, 0.2) is 30.3 Å². The highest BCUT2D eigenvalue weighted by atomic mass is 16.7. The Bertz CT molecular complexity index is 493. The van der Waals surface area contributed by atoms with E-state index >= 15 is 0 Å². The van der Waals surface area contributed by atoms with Crippen molar-refractivity contribution in [3.05, 3.63) is 35.9 Å². The van der Waals surface area contributed by atoms with Crippen LogP contribution in [0, 0.1) is 5.92 Å². The van der Waals surface area contributed by atoms with Gasteiger partial charge in [-0.2, -0.15) is 5.06 Å². The van der Waals surface area contributed by atoms with Crippen molar-refractivity contribution < 1.29 is 19.1 Å². The van der Waals surface area contributed by atoms with Crippen LogP contribution in [0.3, 0.4) is 0 Å². The van der Waals surface area contributed by atoms with Crippen LogP contribution < -0.4 is 5.32 Å². The molecule has 0 aromatic heterocycles. The van der Waals surface area contributed by atoms with Crippen molar-refractivity contribution in [2.45, 2.75) is 38.1 Å². The van der Waals surface area contributed by atoms with E-state index in [-0.39, 0.29) is 12.3 Å². The number of rotatable bonds is 9. The number of hydroxylamine groups is 2. The van der Waals surface area contributed by atoms with Crippen molar-refractivity contribution in [1.29, 1.82) is 0 Å².